The molecule has 0 unspecified atom stereocenters. The molecule has 5 heteroatoms. The molecular weight excluding hydrogens is 350 g/mol. The number of nitrogens with one attached hydrogen (secondary N) is 2. The number of pyridine rings is 1. The number of hydrogen-bond donors (Lipinski definition) is 4. The number of para-hydroxylation sites is 3. The Morgan fingerprint density at radius 2 is 1.50 bits per heavy atom. The van der Waals surface area contributed by atoms with Crippen LogP contribution in [0.4, 0.5) is 11.4 Å². The number of phenolic OH excluding ortho intramolecular Hbond substituents is 1. The van der Waals surface area contributed by atoms with Gasteiger partial charge >= 0.3 is 0 Å². The third-order valence-electron chi connectivity index (χ3n) is 4.85. The van der Waals surface area contributed by atoms with Crippen LogP contribution in [0.2, 0.25) is 0 Å². The molecule has 3 aromatic carbocycles. The molecule has 0 amide bonds. The molecule has 5 aromatic rings. The number of rotatable bonds is 3. The van der Waals surface area contributed by atoms with Crippen molar-refractivity contribution in [2.45, 2.75) is 0 Å². The Labute approximate surface area is 160 Å². The van der Waals surface area contributed by atoms with Gasteiger partial charge in [0.05, 0.1) is 22.5 Å². The summed E-state index contributed by atoms with van der Waals surface area (Å²) in [5, 5.41) is 25.6. The fourth-order valence-electron chi connectivity index (χ4n) is 3.51. The van der Waals surface area contributed by atoms with Gasteiger partial charge in [-0.05, 0) is 42.5 Å². The lowest BCUT2D eigenvalue weighted by Gasteiger charge is -2.11. The Morgan fingerprint density at radius 1 is 0.714 bits per heavy atom. The summed E-state index contributed by atoms with van der Waals surface area (Å²) in [5.41, 5.74) is 4.53. The van der Waals surface area contributed by atoms with Gasteiger partial charge in [-0.3, -0.25) is 0 Å². The van der Waals surface area contributed by atoms with E-state index in [0.717, 1.165) is 27.5 Å². The van der Waals surface area contributed by atoms with Crippen LogP contribution in [0.5, 0.6) is 11.6 Å². The predicted octanol–water partition coefficient (Wildman–Crippen LogP) is 5.54. The fraction of sp³-hybridized carbons (Fsp3) is 0. The van der Waals surface area contributed by atoms with E-state index in [4.69, 9.17) is 4.98 Å². The summed E-state index contributed by atoms with van der Waals surface area (Å²) in [6, 6.07) is 24.5. The van der Waals surface area contributed by atoms with Gasteiger partial charge in [0.15, 0.2) is 5.88 Å². The lowest BCUT2D eigenvalue weighted by atomic mass is 10.1. The molecule has 2 heterocycles. The van der Waals surface area contributed by atoms with Crippen molar-refractivity contribution >= 4 is 33.2 Å². The second kappa shape index (κ2) is 6.32. The third kappa shape index (κ3) is 2.61. The molecule has 4 N–H and O–H groups in total. The second-order valence-corrected chi connectivity index (χ2v) is 6.61. The molecule has 0 aliphatic rings. The molecule has 136 valence electrons. The van der Waals surface area contributed by atoms with E-state index in [2.05, 4.69) is 10.3 Å². The van der Waals surface area contributed by atoms with Gasteiger partial charge in [-0.25, -0.2) is 4.98 Å². The Balaban J connectivity index is 1.63. The smallest absolute Gasteiger partial charge is 0.199 e. The molecule has 5 rings (SSSR count). The van der Waals surface area contributed by atoms with E-state index in [1.54, 1.807) is 12.1 Å². The molecule has 0 aliphatic carbocycles. The number of H-pyrrole nitrogens is 1. The first-order valence-electron chi connectivity index (χ1n) is 8.95. The molecule has 0 aliphatic heterocycles. The van der Waals surface area contributed by atoms with Gasteiger partial charge in [0, 0.05) is 22.0 Å². The number of phenols is 1. The van der Waals surface area contributed by atoms with Crippen molar-refractivity contribution in [3.8, 4) is 22.9 Å². The average Bonchev–Trinajstić information content (AvgIpc) is 3.05. The molecule has 0 atom stereocenters. The monoisotopic (exact) mass is 367 g/mol. The third-order valence-corrected chi connectivity index (χ3v) is 4.85. The lowest BCUT2D eigenvalue weighted by molar-refractivity contribution is 0.460. The fourth-order valence-corrected chi connectivity index (χ4v) is 3.51. The first kappa shape index (κ1) is 16.2. The van der Waals surface area contributed by atoms with Crippen molar-refractivity contribution in [3.05, 3.63) is 78.9 Å². The van der Waals surface area contributed by atoms with Crippen LogP contribution >= 0.6 is 0 Å². The van der Waals surface area contributed by atoms with Gasteiger partial charge in [-0.2, -0.15) is 0 Å². The Hall–Kier alpha value is -3.99. The molecule has 28 heavy (non-hydrogen) atoms. The normalized spacial score (nSPS) is 11.1. The van der Waals surface area contributed by atoms with Crippen molar-refractivity contribution in [2.24, 2.45) is 0 Å². The molecular formula is C23H17N3O2. The van der Waals surface area contributed by atoms with Crippen molar-refractivity contribution in [2.75, 3.05) is 5.32 Å². The maximum Gasteiger partial charge on any atom is 0.199 e. The van der Waals surface area contributed by atoms with Gasteiger partial charge in [0.2, 0.25) is 0 Å². The van der Waals surface area contributed by atoms with Gasteiger partial charge in [-0.15, -0.1) is 0 Å². The maximum absolute atomic E-state index is 10.4. The Morgan fingerprint density at radius 3 is 2.39 bits per heavy atom. The molecule has 0 radical (unpaired) electrons. The average molecular weight is 367 g/mol. The van der Waals surface area contributed by atoms with Crippen LogP contribution in [0.3, 0.4) is 0 Å². The van der Waals surface area contributed by atoms with E-state index in [1.165, 1.54) is 0 Å². The number of aromatic hydroxyl groups is 2. The van der Waals surface area contributed by atoms with Crippen LogP contribution in [0.25, 0.3) is 33.1 Å². The van der Waals surface area contributed by atoms with Crippen LogP contribution in [0.15, 0.2) is 78.9 Å². The summed E-state index contributed by atoms with van der Waals surface area (Å²) in [4.78, 5) is 7.77. The molecule has 0 saturated heterocycles. The molecule has 0 spiro atoms. The Kier molecular flexibility index (Phi) is 3.66. The van der Waals surface area contributed by atoms with Crippen LogP contribution in [-0.2, 0) is 0 Å². The van der Waals surface area contributed by atoms with E-state index in [1.807, 2.05) is 66.7 Å². The number of nitrogens with zero attached hydrogens (tertiary/aromatic N) is 1. The van der Waals surface area contributed by atoms with Gasteiger partial charge in [0.25, 0.3) is 0 Å². The number of aromatic nitrogens is 2. The van der Waals surface area contributed by atoms with Crippen molar-refractivity contribution < 1.29 is 10.2 Å². The van der Waals surface area contributed by atoms with E-state index in [9.17, 15) is 10.2 Å². The molecule has 5 nitrogen and oxygen atoms in total. The zero-order valence-corrected chi connectivity index (χ0v) is 14.8. The van der Waals surface area contributed by atoms with E-state index >= 15 is 0 Å². The highest BCUT2D eigenvalue weighted by molar-refractivity contribution is 6.00. The summed E-state index contributed by atoms with van der Waals surface area (Å²) in [5.74, 6) is 0.296. The van der Waals surface area contributed by atoms with Crippen LogP contribution in [0.1, 0.15) is 0 Å². The van der Waals surface area contributed by atoms with Crippen molar-refractivity contribution in [3.63, 3.8) is 0 Å². The number of anilines is 2. The summed E-state index contributed by atoms with van der Waals surface area (Å²) < 4.78 is 0. The Bertz CT molecular complexity index is 1320. The second-order valence-electron chi connectivity index (χ2n) is 6.61. The highest BCUT2D eigenvalue weighted by Crippen LogP contribution is 2.37. The first-order chi connectivity index (χ1) is 13.7. The number of benzene rings is 3. The van der Waals surface area contributed by atoms with Crippen molar-refractivity contribution in [1.29, 1.82) is 0 Å². The molecule has 0 fully saturated rings. The van der Waals surface area contributed by atoms with Crippen molar-refractivity contribution in [1.82, 2.24) is 9.97 Å². The van der Waals surface area contributed by atoms with Crippen LogP contribution < -0.4 is 5.32 Å². The standard InChI is InChI=1S/C23H17N3O2/c27-21-11-4-3-8-19(21)24-16-9-5-10-17-14(16)12-13-20(25-17)22-15-6-1-2-7-18(15)26-23(22)28/h1-13,24,26-28H. The summed E-state index contributed by atoms with van der Waals surface area (Å²) in [6.07, 6.45) is 0. The highest BCUT2D eigenvalue weighted by atomic mass is 16.3. The lowest BCUT2D eigenvalue weighted by Crippen LogP contribution is -1.93. The van der Waals surface area contributed by atoms with Gasteiger partial charge in [0.1, 0.15) is 5.75 Å². The quantitative estimate of drug-likeness (QED) is 0.316. The van der Waals surface area contributed by atoms with Gasteiger partial charge in [-0.1, -0.05) is 36.4 Å². The topological polar surface area (TPSA) is 81.2 Å². The number of aromatic amines is 1. The van der Waals surface area contributed by atoms with E-state index in [0.29, 0.717) is 16.9 Å². The first-order valence-corrected chi connectivity index (χ1v) is 8.95. The minimum atomic E-state index is 0.108. The van der Waals surface area contributed by atoms with E-state index < -0.39 is 0 Å². The molecule has 2 aromatic heterocycles. The highest BCUT2D eigenvalue weighted by Gasteiger charge is 2.15. The largest absolute Gasteiger partial charge is 0.506 e. The molecule has 0 saturated carbocycles. The summed E-state index contributed by atoms with van der Waals surface area (Å²) >= 11 is 0. The summed E-state index contributed by atoms with van der Waals surface area (Å²) in [6.45, 7) is 0. The zero-order valence-electron chi connectivity index (χ0n) is 14.8. The minimum Gasteiger partial charge on any atom is -0.506 e. The minimum absolute atomic E-state index is 0.108. The zero-order chi connectivity index (χ0) is 19.1. The SMILES string of the molecule is Oc1ccccc1Nc1cccc2nc(-c3c(O)[nH]c4ccccc34)ccc12. The summed E-state index contributed by atoms with van der Waals surface area (Å²) in [7, 11) is 0. The van der Waals surface area contributed by atoms with Crippen LogP contribution in [-0.4, -0.2) is 20.2 Å². The van der Waals surface area contributed by atoms with E-state index in [-0.39, 0.29) is 11.6 Å². The van der Waals surface area contributed by atoms with Gasteiger partial charge < -0.3 is 20.5 Å². The number of hydrogen-bond acceptors (Lipinski definition) is 4. The molecule has 0 bridgehead atoms. The van der Waals surface area contributed by atoms with Crippen LogP contribution in [0, 0.1) is 0 Å². The number of fused-ring (bicyclic) bond motifs is 2. The maximum atomic E-state index is 10.4. The predicted molar refractivity (Wildman–Crippen MR) is 112 cm³/mol.